The summed E-state index contributed by atoms with van der Waals surface area (Å²) in [6, 6.07) is 147. The number of rotatable bonds is 8. The van der Waals surface area contributed by atoms with Crippen molar-refractivity contribution in [2.45, 2.75) is 0 Å². The van der Waals surface area contributed by atoms with Gasteiger partial charge in [-0.15, -0.1) is 0 Å². The van der Waals surface area contributed by atoms with Crippen LogP contribution in [0, 0.1) is 0 Å². The minimum absolute atomic E-state index is 1.15. The SMILES string of the molecule is c1ccc(-n2c3ccc(-c4cccc(-c5ccc6c7ccccc7c7ccccc7c6c5)c4)cc3c3cc(-c4cccc(-c5ccc6c7ccccc7c7ccccc7c6c5)c4)ccc32)cc1.c1ccc2c(-c3ccc(-c4ccc5c(c4)c4ccccc4n5-c4cccc5ccccc45)cc3)cccc2c1. The highest BCUT2D eigenvalue weighted by atomic mass is 15.0. The van der Waals surface area contributed by atoms with Crippen LogP contribution in [0.4, 0.5) is 0 Å². The zero-order valence-corrected chi connectivity index (χ0v) is 58.0. The van der Waals surface area contributed by atoms with E-state index in [2.05, 4.69) is 410 Å². The summed E-state index contributed by atoms with van der Waals surface area (Å²) in [6.45, 7) is 0. The van der Waals surface area contributed by atoms with Crippen LogP contribution in [0.3, 0.4) is 0 Å². The van der Waals surface area contributed by atoms with Gasteiger partial charge in [0.1, 0.15) is 0 Å². The lowest BCUT2D eigenvalue weighted by molar-refractivity contribution is 1.18. The van der Waals surface area contributed by atoms with Crippen molar-refractivity contribution in [3.05, 3.63) is 400 Å². The summed E-state index contributed by atoms with van der Waals surface area (Å²) >= 11 is 0. The molecule has 22 aromatic rings. The third-order valence-electron chi connectivity index (χ3n) is 22.3. The van der Waals surface area contributed by atoms with Gasteiger partial charge >= 0.3 is 0 Å². The largest absolute Gasteiger partial charge is 0.309 e. The zero-order valence-electron chi connectivity index (χ0n) is 58.0. The van der Waals surface area contributed by atoms with E-state index >= 15 is 0 Å². The quantitative estimate of drug-likeness (QED) is 0.134. The molecule has 2 heteroatoms. The molecule has 0 amide bonds. The fourth-order valence-electron chi connectivity index (χ4n) is 17.3. The van der Waals surface area contributed by atoms with Gasteiger partial charge in [0, 0.05) is 32.6 Å². The summed E-state index contributed by atoms with van der Waals surface area (Å²) in [5.74, 6) is 0. The predicted octanol–water partition coefficient (Wildman–Crippen LogP) is 28.8. The smallest absolute Gasteiger partial charge is 0.0541 e. The predicted molar refractivity (Wildman–Crippen MR) is 454 cm³/mol. The van der Waals surface area contributed by atoms with E-state index in [1.54, 1.807) is 0 Å². The Kier molecular flexibility index (Phi) is 14.3. The summed E-state index contributed by atoms with van der Waals surface area (Å²) in [4.78, 5) is 0. The van der Waals surface area contributed by atoms with E-state index in [4.69, 9.17) is 0 Å². The van der Waals surface area contributed by atoms with Crippen LogP contribution in [-0.2, 0) is 0 Å². The van der Waals surface area contributed by atoms with Crippen LogP contribution < -0.4 is 0 Å². The molecule has 0 spiro atoms. The van der Waals surface area contributed by atoms with Gasteiger partial charge in [0.15, 0.2) is 0 Å². The Morgan fingerprint density at radius 3 is 0.915 bits per heavy atom. The molecule has 20 aromatic carbocycles. The topological polar surface area (TPSA) is 9.86 Å². The van der Waals surface area contributed by atoms with Gasteiger partial charge in [-0.25, -0.2) is 0 Å². The minimum Gasteiger partial charge on any atom is -0.309 e. The molecule has 0 atom stereocenters. The summed E-state index contributed by atoms with van der Waals surface area (Å²) in [6.07, 6.45) is 0. The third-order valence-corrected chi connectivity index (χ3v) is 22.3. The Hall–Kier alpha value is -13.9. The molecule has 0 N–H and O–H groups in total. The fourth-order valence-corrected chi connectivity index (χ4v) is 17.3. The van der Waals surface area contributed by atoms with Crippen molar-refractivity contribution in [2.75, 3.05) is 0 Å². The molecular formula is C104H66N2. The first kappa shape index (κ1) is 60.8. The van der Waals surface area contributed by atoms with E-state index in [0.717, 1.165) is 5.69 Å². The maximum absolute atomic E-state index is 2.42. The molecule has 106 heavy (non-hydrogen) atoms. The molecule has 0 saturated carbocycles. The first-order chi connectivity index (χ1) is 52.6. The summed E-state index contributed by atoms with van der Waals surface area (Å²) in [5, 5.41) is 25.6. The van der Waals surface area contributed by atoms with Gasteiger partial charge in [-0.05, 0) is 232 Å². The summed E-state index contributed by atoms with van der Waals surface area (Å²) in [5.41, 5.74) is 21.8. The van der Waals surface area contributed by atoms with Crippen LogP contribution in [0.5, 0.6) is 0 Å². The van der Waals surface area contributed by atoms with Crippen molar-refractivity contribution >= 4 is 130 Å². The van der Waals surface area contributed by atoms with E-state index in [0.29, 0.717) is 0 Å². The molecule has 2 aromatic heterocycles. The molecule has 0 aliphatic carbocycles. The fraction of sp³-hybridized carbons (Fsp3) is 0. The maximum Gasteiger partial charge on any atom is 0.0541 e. The monoisotopic (exact) mass is 1340 g/mol. The molecule has 0 aliphatic rings. The first-order valence-electron chi connectivity index (χ1n) is 36.7. The molecule has 22 rings (SSSR count). The van der Waals surface area contributed by atoms with Gasteiger partial charge in [-0.1, -0.05) is 315 Å². The van der Waals surface area contributed by atoms with Crippen LogP contribution in [0.25, 0.3) is 208 Å². The Labute approximate surface area is 613 Å². The molecule has 0 radical (unpaired) electrons. The van der Waals surface area contributed by atoms with Crippen LogP contribution in [0.1, 0.15) is 0 Å². The van der Waals surface area contributed by atoms with E-state index in [1.807, 2.05) is 0 Å². The average Bonchev–Trinajstić information content (AvgIpc) is 1.27. The second-order valence-electron chi connectivity index (χ2n) is 28.2. The molecule has 0 bridgehead atoms. The Bertz CT molecular complexity index is 6970. The van der Waals surface area contributed by atoms with Crippen LogP contribution >= 0.6 is 0 Å². The number of para-hydroxylation sites is 2. The highest BCUT2D eigenvalue weighted by molar-refractivity contribution is 6.27. The van der Waals surface area contributed by atoms with E-state index in [1.165, 1.54) is 202 Å². The van der Waals surface area contributed by atoms with Crippen LogP contribution in [0.2, 0.25) is 0 Å². The van der Waals surface area contributed by atoms with Gasteiger partial charge in [0.2, 0.25) is 0 Å². The number of hydrogen-bond acceptors (Lipinski definition) is 0. The summed E-state index contributed by atoms with van der Waals surface area (Å²) < 4.78 is 4.83. The maximum atomic E-state index is 2.42. The lowest BCUT2D eigenvalue weighted by atomic mass is 9.91. The van der Waals surface area contributed by atoms with Crippen molar-refractivity contribution < 1.29 is 0 Å². The van der Waals surface area contributed by atoms with Crippen molar-refractivity contribution in [1.82, 2.24) is 9.13 Å². The number of benzene rings is 20. The third kappa shape index (κ3) is 10.1. The molecule has 0 fully saturated rings. The van der Waals surface area contributed by atoms with Crippen LogP contribution in [0.15, 0.2) is 400 Å². The lowest BCUT2D eigenvalue weighted by Crippen LogP contribution is -1.95. The highest BCUT2D eigenvalue weighted by Gasteiger charge is 2.20. The lowest BCUT2D eigenvalue weighted by Gasteiger charge is -2.13. The van der Waals surface area contributed by atoms with Gasteiger partial charge in [-0.2, -0.15) is 0 Å². The second kappa shape index (κ2) is 25.0. The van der Waals surface area contributed by atoms with E-state index in [9.17, 15) is 0 Å². The van der Waals surface area contributed by atoms with Crippen molar-refractivity contribution in [2.24, 2.45) is 0 Å². The average molecular weight is 1340 g/mol. The van der Waals surface area contributed by atoms with E-state index < -0.39 is 0 Å². The molecular weight excluding hydrogens is 1280 g/mol. The second-order valence-corrected chi connectivity index (χ2v) is 28.2. The number of fused-ring (bicyclic) bond motifs is 20. The van der Waals surface area contributed by atoms with Gasteiger partial charge in [0.25, 0.3) is 0 Å². The van der Waals surface area contributed by atoms with Crippen molar-refractivity contribution in [3.8, 4) is 78.1 Å². The van der Waals surface area contributed by atoms with Gasteiger partial charge in [0.05, 0.1) is 27.8 Å². The van der Waals surface area contributed by atoms with Gasteiger partial charge < -0.3 is 9.13 Å². The van der Waals surface area contributed by atoms with Crippen LogP contribution in [-0.4, -0.2) is 9.13 Å². The first-order valence-corrected chi connectivity index (χ1v) is 36.7. The summed E-state index contributed by atoms with van der Waals surface area (Å²) in [7, 11) is 0. The highest BCUT2D eigenvalue weighted by Crippen LogP contribution is 2.44. The molecule has 0 saturated heterocycles. The number of nitrogens with zero attached hydrogens (tertiary/aromatic N) is 2. The van der Waals surface area contributed by atoms with E-state index in [-0.39, 0.29) is 0 Å². The zero-order chi connectivity index (χ0) is 69.8. The molecule has 2 heterocycles. The Morgan fingerprint density at radius 1 is 0.132 bits per heavy atom. The van der Waals surface area contributed by atoms with Crippen molar-refractivity contribution in [3.63, 3.8) is 0 Å². The molecule has 0 unspecified atom stereocenters. The Balaban J connectivity index is 0.000000157. The molecule has 492 valence electrons. The number of aromatic nitrogens is 2. The standard InChI is InChI=1S/C66H41N.C38H25N/c1-2-18-50(19-3-1)67-65-34-30-48(44-16-12-14-42(36-44)46-28-32-59-55-24-6-4-20-51(55)53-22-8-10-26-57(53)61(59)38-46)40-63(65)64-41-49(31-35-66(64)67)45-17-13-15-43(37-45)47-29-33-60-56-25-7-5-21-52(56)54-23-9-11-27-58(54)62(60)39-47;1-3-13-31-27(9-1)11-7-16-32(31)29-21-19-26(20-22-29)30-23-24-38-35(25-30)34-15-5-6-17-37(34)39(38)36-18-8-12-28-10-2-4-14-33(28)36/h1-41H;1-25H. The minimum atomic E-state index is 1.15. The van der Waals surface area contributed by atoms with Gasteiger partial charge in [-0.3, -0.25) is 0 Å². The number of hydrogen-bond donors (Lipinski definition) is 0. The van der Waals surface area contributed by atoms with Crippen molar-refractivity contribution in [1.29, 1.82) is 0 Å². The normalized spacial score (nSPS) is 11.8. The Morgan fingerprint density at radius 2 is 0.425 bits per heavy atom. The molecule has 0 aliphatic heterocycles. The molecule has 2 nitrogen and oxygen atoms in total.